The Bertz CT molecular complexity index is 993. The largest absolute Gasteiger partial charge is 0.468 e. The molecule has 2 aromatic carbocycles. The number of carbonyl (C=O) groups excluding carboxylic acids is 2. The second-order valence-corrected chi connectivity index (χ2v) is 8.20. The monoisotopic (exact) mass is 488 g/mol. The Hall–Kier alpha value is -2.65. The Morgan fingerprint density at radius 1 is 1.10 bits per heavy atom. The van der Waals surface area contributed by atoms with Crippen molar-refractivity contribution in [3.63, 3.8) is 0 Å². The van der Waals surface area contributed by atoms with E-state index in [-0.39, 0.29) is 18.2 Å². The van der Waals surface area contributed by atoms with Gasteiger partial charge in [0.2, 0.25) is 5.91 Å². The molecule has 1 amide bonds. The van der Waals surface area contributed by atoms with Crippen molar-refractivity contribution in [1.29, 1.82) is 0 Å². The van der Waals surface area contributed by atoms with Crippen LogP contribution in [0.25, 0.3) is 11.4 Å². The summed E-state index contributed by atoms with van der Waals surface area (Å²) in [6.07, 6.45) is 0.810. The summed E-state index contributed by atoms with van der Waals surface area (Å²) < 4.78 is 7.53. The van der Waals surface area contributed by atoms with E-state index in [9.17, 15) is 9.59 Å². The lowest BCUT2D eigenvalue weighted by Crippen LogP contribution is -2.31. The minimum atomic E-state index is -0.489. The number of ether oxygens (including phenoxy) is 1. The summed E-state index contributed by atoms with van der Waals surface area (Å²) in [5.74, 6) is 0.113. The topological polar surface area (TPSA) is 86.1 Å². The molecule has 0 saturated carbocycles. The maximum atomic E-state index is 12.0. The maximum Gasteiger partial charge on any atom is 0.325 e. The van der Waals surface area contributed by atoms with E-state index in [1.165, 1.54) is 24.4 Å². The van der Waals surface area contributed by atoms with E-state index in [1.54, 1.807) is 0 Å². The number of aryl methyl sites for hydroxylation is 1. The van der Waals surface area contributed by atoms with Crippen LogP contribution in [0.15, 0.2) is 64.2 Å². The fraction of sp³-hybridized carbons (Fsp3) is 0.238. The highest BCUT2D eigenvalue weighted by Gasteiger charge is 2.16. The predicted molar refractivity (Wildman–Crippen MR) is 119 cm³/mol. The van der Waals surface area contributed by atoms with Gasteiger partial charge in [-0.05, 0) is 24.1 Å². The summed E-state index contributed by atoms with van der Waals surface area (Å²) in [6, 6.07) is 18.0. The van der Waals surface area contributed by atoms with E-state index >= 15 is 0 Å². The summed E-state index contributed by atoms with van der Waals surface area (Å²) in [4.78, 5) is 23.2. The molecule has 0 unspecified atom stereocenters. The molecule has 0 aliphatic heterocycles. The van der Waals surface area contributed by atoms with E-state index in [0.29, 0.717) is 11.7 Å². The number of amides is 1. The molecule has 0 bridgehead atoms. The van der Waals surface area contributed by atoms with Gasteiger partial charge in [-0.15, -0.1) is 10.2 Å². The molecule has 0 aliphatic carbocycles. The number of hydrogen-bond donors (Lipinski definition) is 1. The zero-order valence-electron chi connectivity index (χ0n) is 16.4. The first-order valence-electron chi connectivity index (χ1n) is 9.26. The number of thioether (sulfide) groups is 1. The minimum absolute atomic E-state index is 0.126. The van der Waals surface area contributed by atoms with Gasteiger partial charge in [0.25, 0.3) is 0 Å². The molecule has 30 heavy (non-hydrogen) atoms. The first kappa shape index (κ1) is 22.0. The fourth-order valence-corrected chi connectivity index (χ4v) is 3.78. The second kappa shape index (κ2) is 10.9. The van der Waals surface area contributed by atoms with Crippen molar-refractivity contribution >= 4 is 39.6 Å². The lowest BCUT2D eigenvalue weighted by atomic mass is 10.1. The molecule has 1 aromatic heterocycles. The molecule has 3 aromatic rings. The molecular formula is C21H21BrN4O3S. The second-order valence-electron chi connectivity index (χ2n) is 6.34. The molecule has 7 nitrogen and oxygen atoms in total. The molecular weight excluding hydrogens is 468 g/mol. The Morgan fingerprint density at radius 2 is 1.83 bits per heavy atom. The normalized spacial score (nSPS) is 10.6. The number of nitrogens with one attached hydrogen (secondary N) is 1. The summed E-state index contributed by atoms with van der Waals surface area (Å²) in [5, 5.41) is 11.8. The number of aromatic nitrogens is 3. The van der Waals surface area contributed by atoms with Gasteiger partial charge in [-0.1, -0.05) is 70.2 Å². The maximum absolute atomic E-state index is 12.0. The predicted octanol–water partition coefficient (Wildman–Crippen LogP) is 3.33. The average molecular weight is 489 g/mol. The van der Waals surface area contributed by atoms with Crippen LogP contribution in [-0.4, -0.2) is 46.0 Å². The van der Waals surface area contributed by atoms with E-state index in [4.69, 9.17) is 0 Å². The van der Waals surface area contributed by atoms with Crippen molar-refractivity contribution < 1.29 is 14.3 Å². The van der Waals surface area contributed by atoms with Crippen molar-refractivity contribution in [2.45, 2.75) is 18.1 Å². The lowest BCUT2D eigenvalue weighted by molar-refractivity contribution is -0.140. The van der Waals surface area contributed by atoms with Crippen LogP contribution in [0.4, 0.5) is 0 Å². The van der Waals surface area contributed by atoms with Crippen molar-refractivity contribution in [2.24, 2.45) is 0 Å². The van der Waals surface area contributed by atoms with Crippen LogP contribution < -0.4 is 5.32 Å². The highest BCUT2D eigenvalue weighted by Crippen LogP contribution is 2.25. The number of benzene rings is 2. The average Bonchev–Trinajstić information content (AvgIpc) is 3.18. The van der Waals surface area contributed by atoms with E-state index < -0.39 is 5.97 Å². The SMILES string of the molecule is COC(=O)CNC(=O)CSc1nnc(-c2ccc(Br)cc2)n1CCc1ccccc1. The van der Waals surface area contributed by atoms with Crippen molar-refractivity contribution in [2.75, 3.05) is 19.4 Å². The molecule has 0 spiro atoms. The first-order chi connectivity index (χ1) is 14.6. The number of esters is 1. The van der Waals surface area contributed by atoms with Crippen LogP contribution in [0, 0.1) is 0 Å². The molecule has 0 radical (unpaired) electrons. The third-order valence-corrected chi connectivity index (χ3v) is 5.77. The fourth-order valence-electron chi connectivity index (χ4n) is 2.72. The number of halogens is 1. The third-order valence-electron chi connectivity index (χ3n) is 4.28. The van der Waals surface area contributed by atoms with Gasteiger partial charge >= 0.3 is 5.97 Å². The zero-order valence-corrected chi connectivity index (χ0v) is 18.8. The first-order valence-corrected chi connectivity index (χ1v) is 11.0. The van der Waals surface area contributed by atoms with Crippen LogP contribution in [0.3, 0.4) is 0 Å². The molecule has 1 heterocycles. The van der Waals surface area contributed by atoms with Gasteiger partial charge in [-0.25, -0.2) is 0 Å². The summed E-state index contributed by atoms with van der Waals surface area (Å²) in [7, 11) is 1.28. The number of carbonyl (C=O) groups is 2. The van der Waals surface area contributed by atoms with Gasteiger partial charge in [-0.2, -0.15) is 0 Å². The third kappa shape index (κ3) is 6.17. The smallest absolute Gasteiger partial charge is 0.325 e. The van der Waals surface area contributed by atoms with Gasteiger partial charge in [0.05, 0.1) is 12.9 Å². The summed E-state index contributed by atoms with van der Waals surface area (Å²) >= 11 is 4.73. The summed E-state index contributed by atoms with van der Waals surface area (Å²) in [5.41, 5.74) is 2.15. The Morgan fingerprint density at radius 3 is 2.53 bits per heavy atom. The van der Waals surface area contributed by atoms with Gasteiger partial charge in [0.1, 0.15) is 6.54 Å². The zero-order chi connectivity index (χ0) is 21.3. The molecule has 3 rings (SSSR count). The van der Waals surface area contributed by atoms with Crippen LogP contribution in [0.5, 0.6) is 0 Å². The van der Waals surface area contributed by atoms with Crippen LogP contribution in [0.2, 0.25) is 0 Å². The molecule has 0 saturated heterocycles. The number of nitrogens with zero attached hydrogens (tertiary/aromatic N) is 3. The van der Waals surface area contributed by atoms with Crippen molar-refractivity contribution in [3.8, 4) is 11.4 Å². The summed E-state index contributed by atoms with van der Waals surface area (Å²) in [6.45, 7) is 0.523. The number of hydrogen-bond acceptors (Lipinski definition) is 6. The van der Waals surface area contributed by atoms with Crippen LogP contribution >= 0.6 is 27.7 Å². The van der Waals surface area contributed by atoms with Crippen molar-refractivity contribution in [3.05, 3.63) is 64.6 Å². The van der Waals surface area contributed by atoms with Gasteiger partial charge in [-0.3, -0.25) is 9.59 Å². The van der Waals surface area contributed by atoms with Crippen molar-refractivity contribution in [1.82, 2.24) is 20.1 Å². The van der Waals surface area contributed by atoms with E-state index in [2.05, 4.69) is 48.3 Å². The van der Waals surface area contributed by atoms with Gasteiger partial charge < -0.3 is 14.6 Å². The number of rotatable bonds is 9. The minimum Gasteiger partial charge on any atom is -0.468 e. The Labute approximate surface area is 187 Å². The quantitative estimate of drug-likeness (QED) is 0.367. The molecule has 9 heteroatoms. The molecule has 0 fully saturated rings. The molecule has 0 aliphatic rings. The standard InChI is InChI=1S/C21H21BrN4O3S/c1-29-19(28)13-23-18(27)14-30-21-25-24-20(16-7-9-17(22)10-8-16)26(21)12-11-15-5-3-2-4-6-15/h2-10H,11-14H2,1H3,(H,23,27). The van der Waals surface area contributed by atoms with E-state index in [0.717, 1.165) is 22.3 Å². The van der Waals surface area contributed by atoms with Crippen LogP contribution in [0.1, 0.15) is 5.56 Å². The Kier molecular flexibility index (Phi) is 8.04. The van der Waals surface area contributed by atoms with Gasteiger partial charge in [0, 0.05) is 16.6 Å². The highest BCUT2D eigenvalue weighted by atomic mass is 79.9. The Balaban J connectivity index is 1.75. The molecule has 0 atom stereocenters. The van der Waals surface area contributed by atoms with Gasteiger partial charge in [0.15, 0.2) is 11.0 Å². The lowest BCUT2D eigenvalue weighted by Gasteiger charge is -2.11. The molecule has 1 N–H and O–H groups in total. The van der Waals surface area contributed by atoms with Crippen LogP contribution in [-0.2, 0) is 27.3 Å². The van der Waals surface area contributed by atoms with E-state index in [1.807, 2.05) is 47.0 Å². The highest BCUT2D eigenvalue weighted by molar-refractivity contribution is 9.10. The molecule has 156 valence electrons. The number of methoxy groups -OCH3 is 1.